The lowest BCUT2D eigenvalue weighted by Gasteiger charge is -2.16. The highest BCUT2D eigenvalue weighted by atomic mass is 16.5. The molecule has 0 saturated carbocycles. The van der Waals surface area contributed by atoms with Gasteiger partial charge in [-0.2, -0.15) is 0 Å². The molecule has 2 aromatic rings. The third-order valence-electron chi connectivity index (χ3n) is 3.55. The molecule has 0 aliphatic carbocycles. The largest absolute Gasteiger partial charge is 0.494 e. The normalized spacial score (nSPS) is 10.1. The molecule has 0 radical (unpaired) electrons. The number of ether oxygens (including phenoxy) is 1. The average Bonchev–Trinajstić information content (AvgIpc) is 2.59. The van der Waals surface area contributed by atoms with E-state index in [1.54, 1.807) is 49.5 Å². The molecule has 0 spiro atoms. The van der Waals surface area contributed by atoms with Crippen LogP contribution in [-0.4, -0.2) is 25.5 Å². The van der Waals surface area contributed by atoms with E-state index >= 15 is 0 Å². The van der Waals surface area contributed by atoms with Gasteiger partial charge in [-0.3, -0.25) is 9.59 Å². The van der Waals surface area contributed by atoms with Crippen LogP contribution in [0.2, 0.25) is 0 Å². The second-order valence-corrected chi connectivity index (χ2v) is 5.46. The van der Waals surface area contributed by atoms with Crippen LogP contribution in [0.1, 0.15) is 30.6 Å². The summed E-state index contributed by atoms with van der Waals surface area (Å²) in [5.74, 6) is 0.472. The Morgan fingerprint density at radius 3 is 2.46 bits per heavy atom. The van der Waals surface area contributed by atoms with Gasteiger partial charge >= 0.3 is 0 Å². The summed E-state index contributed by atoms with van der Waals surface area (Å²) in [6, 6.07) is 14.2. The van der Waals surface area contributed by atoms with E-state index in [-0.39, 0.29) is 11.8 Å². The number of amides is 2. The van der Waals surface area contributed by atoms with Crippen molar-refractivity contribution in [3.05, 3.63) is 54.1 Å². The molecule has 0 aliphatic heterocycles. The minimum absolute atomic E-state index is 0.0684. The molecule has 0 atom stereocenters. The molecule has 5 heteroatoms. The first-order chi connectivity index (χ1) is 11.5. The van der Waals surface area contributed by atoms with Crippen molar-refractivity contribution in [2.24, 2.45) is 0 Å². The van der Waals surface area contributed by atoms with E-state index < -0.39 is 0 Å². The van der Waals surface area contributed by atoms with E-state index in [4.69, 9.17) is 4.74 Å². The third-order valence-corrected chi connectivity index (χ3v) is 3.55. The summed E-state index contributed by atoms with van der Waals surface area (Å²) >= 11 is 0. The summed E-state index contributed by atoms with van der Waals surface area (Å²) in [6.45, 7) is 4.19. The summed E-state index contributed by atoms with van der Waals surface area (Å²) in [6.07, 6.45) is 0.938. The highest BCUT2D eigenvalue weighted by Gasteiger charge is 2.09. The topological polar surface area (TPSA) is 58.6 Å². The standard InChI is InChI=1S/C19H22N2O3/c1-4-12-24-18-10-8-15(9-11-18)19(23)20-16-6-5-7-17(13-16)21(3)14(2)22/h5-11,13H,4,12H2,1-3H3,(H,20,23). The molecule has 2 amide bonds. The lowest BCUT2D eigenvalue weighted by atomic mass is 10.2. The molecule has 2 rings (SSSR count). The molecule has 0 aromatic heterocycles. The van der Waals surface area contributed by atoms with Gasteiger partial charge in [0.05, 0.1) is 6.61 Å². The van der Waals surface area contributed by atoms with Gasteiger partial charge in [-0.15, -0.1) is 0 Å². The van der Waals surface area contributed by atoms with Crippen LogP contribution < -0.4 is 15.0 Å². The zero-order valence-corrected chi connectivity index (χ0v) is 14.2. The van der Waals surface area contributed by atoms with E-state index in [1.165, 1.54) is 11.8 Å². The number of rotatable bonds is 6. The van der Waals surface area contributed by atoms with E-state index in [9.17, 15) is 9.59 Å². The maximum Gasteiger partial charge on any atom is 0.255 e. The Morgan fingerprint density at radius 1 is 1.12 bits per heavy atom. The molecule has 24 heavy (non-hydrogen) atoms. The second kappa shape index (κ2) is 8.15. The van der Waals surface area contributed by atoms with Crippen LogP contribution in [0.25, 0.3) is 0 Å². The number of hydrogen-bond donors (Lipinski definition) is 1. The van der Waals surface area contributed by atoms with Crippen molar-refractivity contribution in [2.45, 2.75) is 20.3 Å². The van der Waals surface area contributed by atoms with Crippen molar-refractivity contribution < 1.29 is 14.3 Å². The summed E-state index contributed by atoms with van der Waals surface area (Å²) < 4.78 is 5.50. The van der Waals surface area contributed by atoms with Crippen molar-refractivity contribution in [3.8, 4) is 5.75 Å². The summed E-state index contributed by atoms with van der Waals surface area (Å²) in [4.78, 5) is 25.3. The van der Waals surface area contributed by atoms with Gasteiger partial charge in [-0.1, -0.05) is 13.0 Å². The third kappa shape index (κ3) is 4.59. The lowest BCUT2D eigenvalue weighted by molar-refractivity contribution is -0.116. The molecule has 126 valence electrons. The van der Waals surface area contributed by atoms with Gasteiger partial charge in [0, 0.05) is 30.9 Å². The Balaban J connectivity index is 2.06. The van der Waals surface area contributed by atoms with E-state index in [2.05, 4.69) is 5.32 Å². The first-order valence-corrected chi connectivity index (χ1v) is 7.90. The minimum Gasteiger partial charge on any atom is -0.494 e. The Morgan fingerprint density at radius 2 is 1.83 bits per heavy atom. The van der Waals surface area contributed by atoms with Crippen LogP contribution >= 0.6 is 0 Å². The fourth-order valence-electron chi connectivity index (χ4n) is 2.10. The quantitative estimate of drug-likeness (QED) is 0.880. The highest BCUT2D eigenvalue weighted by molar-refractivity contribution is 6.04. The molecule has 5 nitrogen and oxygen atoms in total. The first-order valence-electron chi connectivity index (χ1n) is 7.90. The Labute approximate surface area is 142 Å². The molecular weight excluding hydrogens is 304 g/mol. The monoisotopic (exact) mass is 326 g/mol. The number of carbonyl (C=O) groups is 2. The fourth-order valence-corrected chi connectivity index (χ4v) is 2.10. The van der Waals surface area contributed by atoms with Gasteiger partial charge < -0.3 is 15.0 Å². The maximum absolute atomic E-state index is 12.3. The Kier molecular flexibility index (Phi) is 5.95. The van der Waals surface area contributed by atoms with Gasteiger partial charge in [-0.25, -0.2) is 0 Å². The molecule has 1 N–H and O–H groups in total. The van der Waals surface area contributed by atoms with Crippen LogP contribution in [0, 0.1) is 0 Å². The molecule has 0 unspecified atom stereocenters. The van der Waals surface area contributed by atoms with Crippen LogP contribution in [0.3, 0.4) is 0 Å². The van der Waals surface area contributed by atoms with Gasteiger partial charge in [0.2, 0.25) is 5.91 Å². The van der Waals surface area contributed by atoms with Crippen LogP contribution in [0.15, 0.2) is 48.5 Å². The van der Waals surface area contributed by atoms with Gasteiger partial charge in [0.25, 0.3) is 5.91 Å². The Bertz CT molecular complexity index is 711. The number of nitrogens with zero attached hydrogens (tertiary/aromatic N) is 1. The molecule has 0 bridgehead atoms. The van der Waals surface area contributed by atoms with Gasteiger partial charge in [0.1, 0.15) is 5.75 Å². The number of benzene rings is 2. The van der Waals surface area contributed by atoms with Gasteiger partial charge in [-0.05, 0) is 48.9 Å². The van der Waals surface area contributed by atoms with Crippen molar-refractivity contribution in [1.29, 1.82) is 0 Å². The predicted molar refractivity (Wildman–Crippen MR) is 95.7 cm³/mol. The molecular formula is C19H22N2O3. The molecule has 2 aromatic carbocycles. The lowest BCUT2D eigenvalue weighted by Crippen LogP contribution is -2.23. The number of anilines is 2. The van der Waals surface area contributed by atoms with Crippen molar-refractivity contribution >= 4 is 23.2 Å². The average molecular weight is 326 g/mol. The van der Waals surface area contributed by atoms with E-state index in [1.807, 2.05) is 13.0 Å². The molecule has 0 aliphatic rings. The van der Waals surface area contributed by atoms with E-state index in [0.29, 0.717) is 17.9 Å². The number of hydrogen-bond acceptors (Lipinski definition) is 3. The Hall–Kier alpha value is -2.82. The maximum atomic E-state index is 12.3. The van der Waals surface area contributed by atoms with Gasteiger partial charge in [0.15, 0.2) is 0 Å². The zero-order chi connectivity index (χ0) is 17.5. The minimum atomic E-state index is -0.209. The predicted octanol–water partition coefficient (Wildman–Crippen LogP) is 3.71. The molecule has 0 heterocycles. The second-order valence-electron chi connectivity index (χ2n) is 5.46. The molecule has 0 saturated heterocycles. The van der Waals surface area contributed by atoms with E-state index in [0.717, 1.165) is 17.9 Å². The number of nitrogens with one attached hydrogen (secondary N) is 1. The van der Waals surface area contributed by atoms with Crippen molar-refractivity contribution in [1.82, 2.24) is 0 Å². The summed E-state index contributed by atoms with van der Waals surface area (Å²) in [5, 5.41) is 2.84. The smallest absolute Gasteiger partial charge is 0.255 e. The van der Waals surface area contributed by atoms with Crippen LogP contribution in [0.5, 0.6) is 5.75 Å². The SMILES string of the molecule is CCCOc1ccc(C(=O)Nc2cccc(N(C)C(C)=O)c2)cc1. The van der Waals surface area contributed by atoms with Crippen molar-refractivity contribution in [3.63, 3.8) is 0 Å². The molecule has 0 fully saturated rings. The fraction of sp³-hybridized carbons (Fsp3) is 0.263. The first kappa shape index (κ1) is 17.5. The summed E-state index contributed by atoms with van der Waals surface area (Å²) in [5.41, 5.74) is 1.91. The highest BCUT2D eigenvalue weighted by Crippen LogP contribution is 2.20. The van der Waals surface area contributed by atoms with Crippen molar-refractivity contribution in [2.75, 3.05) is 23.9 Å². The number of carbonyl (C=O) groups excluding carboxylic acids is 2. The summed E-state index contributed by atoms with van der Waals surface area (Å²) in [7, 11) is 1.69. The zero-order valence-electron chi connectivity index (χ0n) is 14.2. The van der Waals surface area contributed by atoms with Crippen LogP contribution in [-0.2, 0) is 4.79 Å². The van der Waals surface area contributed by atoms with Crippen LogP contribution in [0.4, 0.5) is 11.4 Å².